The van der Waals surface area contributed by atoms with Crippen molar-refractivity contribution in [1.82, 2.24) is 0 Å². The molecule has 37 heavy (non-hydrogen) atoms. The third kappa shape index (κ3) is 5.11. The fourth-order valence-corrected chi connectivity index (χ4v) is 4.78. The molecule has 0 aliphatic carbocycles. The molecule has 1 saturated heterocycles. The highest BCUT2D eigenvalue weighted by Crippen LogP contribution is 2.44. The Balaban J connectivity index is 1.96. The molecule has 0 spiro atoms. The predicted molar refractivity (Wildman–Crippen MR) is 149 cm³/mol. The Kier molecular flexibility index (Phi) is 7.40. The van der Waals surface area contributed by atoms with E-state index in [0.29, 0.717) is 28.6 Å². The average molecular weight is 538 g/mol. The van der Waals surface area contributed by atoms with Crippen LogP contribution in [0.5, 0.6) is 5.75 Å². The van der Waals surface area contributed by atoms with Gasteiger partial charge in [-0.05, 0) is 66.3 Å². The molecular weight excluding hydrogens is 509 g/mol. The van der Waals surface area contributed by atoms with E-state index in [2.05, 4.69) is 20.8 Å². The number of carbonyl (C=O) groups excluding carboxylic acids is 2. The lowest BCUT2D eigenvalue weighted by molar-refractivity contribution is -0.132. The third-order valence-electron chi connectivity index (χ3n) is 6.47. The summed E-state index contributed by atoms with van der Waals surface area (Å²) in [7, 11) is 0. The van der Waals surface area contributed by atoms with Gasteiger partial charge in [0.1, 0.15) is 11.5 Å². The van der Waals surface area contributed by atoms with Crippen molar-refractivity contribution in [3.63, 3.8) is 0 Å². The molecule has 5 nitrogen and oxygen atoms in total. The number of hydrogen-bond donors (Lipinski definition) is 1. The van der Waals surface area contributed by atoms with Gasteiger partial charge in [-0.25, -0.2) is 0 Å². The quantitative estimate of drug-likeness (QED) is 0.206. The van der Waals surface area contributed by atoms with E-state index in [0.717, 1.165) is 11.1 Å². The second-order valence-electron chi connectivity index (χ2n) is 10.0. The molecule has 192 valence electrons. The lowest BCUT2D eigenvalue weighted by Gasteiger charge is -2.27. The third-order valence-corrected chi connectivity index (χ3v) is 7.21. The van der Waals surface area contributed by atoms with Crippen LogP contribution in [0.15, 0.2) is 66.2 Å². The van der Waals surface area contributed by atoms with E-state index in [1.54, 1.807) is 36.4 Å². The summed E-state index contributed by atoms with van der Waals surface area (Å²) in [5.41, 5.74) is 3.13. The van der Waals surface area contributed by atoms with Crippen LogP contribution < -0.4 is 9.64 Å². The summed E-state index contributed by atoms with van der Waals surface area (Å²) >= 11 is 12.8. The Bertz CT molecular complexity index is 1400. The molecular formula is C30H29Cl2NO4. The normalized spacial score (nSPS) is 17.4. The number of carbonyl (C=O) groups is 2. The average Bonchev–Trinajstić information content (AvgIpc) is 3.11. The van der Waals surface area contributed by atoms with Crippen LogP contribution in [0.2, 0.25) is 10.0 Å². The van der Waals surface area contributed by atoms with Crippen molar-refractivity contribution in [3.8, 4) is 5.75 Å². The number of Topliss-reactive ketones (excluding diaryl/α,β-unsaturated/α-hetero) is 1. The number of aliphatic hydroxyl groups excluding tert-OH is 1. The highest BCUT2D eigenvalue weighted by molar-refractivity contribution is 6.52. The maximum Gasteiger partial charge on any atom is 0.300 e. The first-order valence-electron chi connectivity index (χ1n) is 12.0. The number of amides is 1. The van der Waals surface area contributed by atoms with Crippen LogP contribution in [0.25, 0.3) is 5.76 Å². The minimum absolute atomic E-state index is 0.0549. The van der Waals surface area contributed by atoms with Gasteiger partial charge in [0.05, 0.1) is 23.2 Å². The summed E-state index contributed by atoms with van der Waals surface area (Å²) in [5, 5.41) is 12.2. The lowest BCUT2D eigenvalue weighted by Crippen LogP contribution is -2.29. The van der Waals surface area contributed by atoms with Crippen molar-refractivity contribution in [2.75, 3.05) is 11.5 Å². The number of ketones is 1. The largest absolute Gasteiger partial charge is 0.507 e. The van der Waals surface area contributed by atoms with Gasteiger partial charge in [-0.3, -0.25) is 14.5 Å². The molecule has 1 heterocycles. The monoisotopic (exact) mass is 537 g/mol. The SMILES string of the molecule is CCOc1ccc(Cl)c(/C(O)=C2\C(=O)C(=O)N(c3ccc(C)c(Cl)c3)C2c2ccc(C(C)(C)C)cc2)c1. The first-order valence-corrected chi connectivity index (χ1v) is 12.8. The van der Waals surface area contributed by atoms with Gasteiger partial charge in [-0.2, -0.15) is 0 Å². The van der Waals surface area contributed by atoms with Crippen LogP contribution in [0, 0.1) is 6.92 Å². The van der Waals surface area contributed by atoms with E-state index < -0.39 is 17.7 Å². The zero-order valence-electron chi connectivity index (χ0n) is 21.4. The van der Waals surface area contributed by atoms with Gasteiger partial charge >= 0.3 is 0 Å². The van der Waals surface area contributed by atoms with Crippen molar-refractivity contribution >= 4 is 46.3 Å². The summed E-state index contributed by atoms with van der Waals surface area (Å²) in [5.74, 6) is -1.45. The zero-order valence-corrected chi connectivity index (χ0v) is 22.9. The topological polar surface area (TPSA) is 66.8 Å². The van der Waals surface area contributed by atoms with E-state index in [1.807, 2.05) is 38.1 Å². The molecule has 1 aliphatic heterocycles. The standard InChI is InChI=1S/C30H29Cl2NO4/c1-6-37-21-13-14-23(31)22(16-21)27(34)25-26(18-8-10-19(11-9-18)30(3,4)5)33(29(36)28(25)35)20-12-7-17(2)24(32)15-20/h7-16,26,34H,6H2,1-5H3/b27-25+. The molecule has 1 N–H and O–H groups in total. The molecule has 1 atom stereocenters. The Hall–Kier alpha value is -3.28. The number of hydrogen-bond acceptors (Lipinski definition) is 4. The Morgan fingerprint density at radius 3 is 2.24 bits per heavy atom. The van der Waals surface area contributed by atoms with Gasteiger partial charge in [0.2, 0.25) is 0 Å². The summed E-state index contributed by atoms with van der Waals surface area (Å²) in [6.07, 6.45) is 0. The van der Waals surface area contributed by atoms with Crippen LogP contribution >= 0.6 is 23.2 Å². The van der Waals surface area contributed by atoms with Gasteiger partial charge in [-0.15, -0.1) is 0 Å². The molecule has 0 bridgehead atoms. The Morgan fingerprint density at radius 1 is 0.973 bits per heavy atom. The summed E-state index contributed by atoms with van der Waals surface area (Å²) in [4.78, 5) is 28.3. The summed E-state index contributed by atoms with van der Waals surface area (Å²) in [6, 6.07) is 16.8. The molecule has 3 aromatic rings. The van der Waals surface area contributed by atoms with E-state index in [1.165, 1.54) is 4.90 Å². The van der Waals surface area contributed by atoms with Crippen molar-refractivity contribution in [2.24, 2.45) is 0 Å². The molecule has 1 aliphatic rings. The molecule has 0 radical (unpaired) electrons. The summed E-state index contributed by atoms with van der Waals surface area (Å²) in [6.45, 7) is 10.4. The Morgan fingerprint density at radius 2 is 1.65 bits per heavy atom. The number of halogens is 2. The number of rotatable bonds is 5. The minimum Gasteiger partial charge on any atom is -0.507 e. The van der Waals surface area contributed by atoms with Crippen LogP contribution in [-0.4, -0.2) is 23.4 Å². The van der Waals surface area contributed by atoms with Crippen molar-refractivity contribution < 1.29 is 19.4 Å². The number of anilines is 1. The fraction of sp³-hybridized carbons (Fsp3) is 0.267. The van der Waals surface area contributed by atoms with Crippen LogP contribution in [0.4, 0.5) is 5.69 Å². The van der Waals surface area contributed by atoms with Gasteiger partial charge < -0.3 is 9.84 Å². The van der Waals surface area contributed by atoms with E-state index in [9.17, 15) is 14.7 Å². The molecule has 7 heteroatoms. The highest BCUT2D eigenvalue weighted by atomic mass is 35.5. The maximum atomic E-state index is 13.5. The number of nitrogens with zero attached hydrogens (tertiary/aromatic N) is 1. The van der Waals surface area contributed by atoms with Gasteiger partial charge in [0.25, 0.3) is 11.7 Å². The van der Waals surface area contributed by atoms with Crippen LogP contribution in [0.1, 0.15) is 56.0 Å². The minimum atomic E-state index is -0.889. The second kappa shape index (κ2) is 10.2. The van der Waals surface area contributed by atoms with E-state index in [4.69, 9.17) is 27.9 Å². The second-order valence-corrected chi connectivity index (χ2v) is 10.9. The number of benzene rings is 3. The maximum absolute atomic E-state index is 13.5. The van der Waals surface area contributed by atoms with Gasteiger partial charge in [0, 0.05) is 16.3 Å². The zero-order chi connectivity index (χ0) is 27.1. The molecule has 3 aromatic carbocycles. The van der Waals surface area contributed by atoms with Crippen LogP contribution in [0.3, 0.4) is 0 Å². The predicted octanol–water partition coefficient (Wildman–Crippen LogP) is 7.62. The lowest BCUT2D eigenvalue weighted by atomic mass is 9.85. The molecule has 0 aromatic heterocycles. The van der Waals surface area contributed by atoms with E-state index >= 15 is 0 Å². The Labute approximate surface area is 227 Å². The number of aliphatic hydroxyl groups is 1. The van der Waals surface area contributed by atoms with Crippen LogP contribution in [-0.2, 0) is 15.0 Å². The molecule has 1 fully saturated rings. The molecule has 1 amide bonds. The highest BCUT2D eigenvalue weighted by Gasteiger charge is 2.47. The van der Waals surface area contributed by atoms with Crippen molar-refractivity contribution in [1.29, 1.82) is 0 Å². The number of ether oxygens (including phenoxy) is 1. The molecule has 1 unspecified atom stereocenters. The fourth-order valence-electron chi connectivity index (χ4n) is 4.40. The van der Waals surface area contributed by atoms with Gasteiger partial charge in [0.15, 0.2) is 0 Å². The smallest absolute Gasteiger partial charge is 0.300 e. The first-order chi connectivity index (χ1) is 17.4. The number of aryl methyl sites for hydroxylation is 1. The van der Waals surface area contributed by atoms with Crippen molar-refractivity contribution in [3.05, 3.63) is 98.5 Å². The van der Waals surface area contributed by atoms with Crippen molar-refractivity contribution in [2.45, 2.75) is 46.1 Å². The van der Waals surface area contributed by atoms with E-state index in [-0.39, 0.29) is 27.3 Å². The first kappa shape index (κ1) is 26.8. The molecule has 0 saturated carbocycles. The summed E-state index contributed by atoms with van der Waals surface area (Å²) < 4.78 is 5.56. The van der Waals surface area contributed by atoms with Gasteiger partial charge in [-0.1, -0.05) is 74.3 Å². The molecule has 4 rings (SSSR count).